The van der Waals surface area contributed by atoms with Gasteiger partial charge in [-0.15, -0.1) is 24.2 Å². The van der Waals surface area contributed by atoms with Crippen molar-refractivity contribution in [3.8, 4) is 12.8 Å². The van der Waals surface area contributed by atoms with Crippen LogP contribution in [0.1, 0.15) is 36.0 Å². The van der Waals surface area contributed by atoms with Gasteiger partial charge in [0.15, 0.2) is 11.0 Å². The van der Waals surface area contributed by atoms with Gasteiger partial charge >= 0.3 is 5.97 Å². The van der Waals surface area contributed by atoms with Gasteiger partial charge in [0.25, 0.3) is 0 Å². The Hall–Kier alpha value is -3.50. The van der Waals surface area contributed by atoms with Gasteiger partial charge in [0.05, 0.1) is 26.2 Å². The Kier molecular flexibility index (Phi) is 16.1. The number of amides is 2. The van der Waals surface area contributed by atoms with Crippen molar-refractivity contribution in [1.29, 1.82) is 0 Å². The highest BCUT2D eigenvalue weighted by atomic mass is 32.1. The van der Waals surface area contributed by atoms with E-state index in [9.17, 15) is 19.2 Å². The number of nitrogens with two attached hydrogens (primary N) is 2. The summed E-state index contributed by atoms with van der Waals surface area (Å²) >= 11 is 1.21. The molecule has 0 bridgehead atoms. The maximum Gasteiger partial charge on any atom is 0.305 e. The fourth-order valence-electron chi connectivity index (χ4n) is 2.64. The zero-order valence-corrected chi connectivity index (χ0v) is 20.3. The van der Waals surface area contributed by atoms with Crippen LogP contribution in [0.4, 0.5) is 0 Å². The van der Waals surface area contributed by atoms with Crippen LogP contribution in [0.15, 0.2) is 16.6 Å². The highest BCUT2D eigenvalue weighted by Crippen LogP contribution is 2.11. The fraction of sp³-hybridized carbons (Fsp3) is 0.524. The van der Waals surface area contributed by atoms with Crippen molar-refractivity contribution in [1.82, 2.24) is 20.5 Å². The molecule has 188 valence electrons. The molecular formula is C21H33N7O5S. The standard InChI is InChI=1S/C15H23N7O3S.C4H8O2.C2H2/c16-15(17)20-3-1-2-10(13(25)14-19-5-7-26-14)21-11(23)9-22-6-4-18-8-12(22)24;1-3-4(5)6-2;1-2/h5,7,10,18H,1-4,6,8-9H2,(H,21,23)(H4,16,17,20);3H2,1-2H3;1-2H/t10-;;/m0../s1. The minimum absolute atomic E-state index is 0.0194. The number of hydrogen-bond acceptors (Lipinski definition) is 9. The Labute approximate surface area is 203 Å². The van der Waals surface area contributed by atoms with Gasteiger partial charge in [0.2, 0.25) is 17.6 Å². The van der Waals surface area contributed by atoms with E-state index in [4.69, 9.17) is 11.5 Å². The number of methoxy groups -OCH3 is 1. The lowest BCUT2D eigenvalue weighted by molar-refractivity contribution is -0.140. The zero-order valence-electron chi connectivity index (χ0n) is 19.5. The van der Waals surface area contributed by atoms with Crippen LogP contribution in [0.3, 0.4) is 0 Å². The first kappa shape index (κ1) is 30.5. The van der Waals surface area contributed by atoms with Crippen LogP contribution in [0.2, 0.25) is 0 Å². The van der Waals surface area contributed by atoms with E-state index in [1.54, 1.807) is 12.3 Å². The molecule has 1 aliphatic heterocycles. The lowest BCUT2D eigenvalue weighted by Crippen LogP contribution is -2.53. The molecule has 1 atom stereocenters. The first-order valence-electron chi connectivity index (χ1n) is 10.5. The van der Waals surface area contributed by atoms with Crippen LogP contribution in [0, 0.1) is 12.8 Å². The molecule has 0 aromatic carbocycles. The molecule has 1 fully saturated rings. The number of thiazole rings is 1. The van der Waals surface area contributed by atoms with Gasteiger partial charge in [-0.3, -0.25) is 24.2 Å². The lowest BCUT2D eigenvalue weighted by atomic mass is 10.1. The molecule has 0 unspecified atom stereocenters. The Morgan fingerprint density at radius 1 is 1.38 bits per heavy atom. The smallest absolute Gasteiger partial charge is 0.305 e. The van der Waals surface area contributed by atoms with Crippen molar-refractivity contribution in [2.75, 3.05) is 39.8 Å². The van der Waals surface area contributed by atoms with Crippen LogP contribution in [-0.2, 0) is 19.1 Å². The number of piperazine rings is 1. The number of aromatic nitrogens is 1. The van der Waals surface area contributed by atoms with E-state index >= 15 is 0 Å². The predicted octanol–water partition coefficient (Wildman–Crippen LogP) is -0.885. The number of ketones is 1. The van der Waals surface area contributed by atoms with Crippen molar-refractivity contribution in [3.63, 3.8) is 0 Å². The highest BCUT2D eigenvalue weighted by Gasteiger charge is 2.26. The van der Waals surface area contributed by atoms with Crippen molar-refractivity contribution < 1.29 is 23.9 Å². The number of carbonyl (C=O) groups is 4. The van der Waals surface area contributed by atoms with Gasteiger partial charge in [-0.05, 0) is 12.8 Å². The van der Waals surface area contributed by atoms with E-state index in [1.807, 2.05) is 0 Å². The third-order valence-corrected chi connectivity index (χ3v) is 5.07. The number of rotatable bonds is 10. The topological polar surface area (TPSA) is 182 Å². The summed E-state index contributed by atoms with van der Waals surface area (Å²) in [4.78, 5) is 56.0. The second-order valence-electron chi connectivity index (χ2n) is 6.69. The number of hydrogen-bond donors (Lipinski definition) is 4. The number of carbonyl (C=O) groups excluding carboxylic acids is 4. The third kappa shape index (κ3) is 12.5. The summed E-state index contributed by atoms with van der Waals surface area (Å²) in [6.07, 6.45) is 10.9. The summed E-state index contributed by atoms with van der Waals surface area (Å²) in [6, 6.07) is -0.735. The molecule has 1 aromatic heterocycles. The summed E-state index contributed by atoms with van der Waals surface area (Å²) in [5.41, 5.74) is 10.6. The molecule has 0 saturated carbocycles. The van der Waals surface area contributed by atoms with Gasteiger partial charge in [-0.2, -0.15) is 0 Å². The normalized spacial score (nSPS) is 13.2. The Balaban J connectivity index is 0.00000118. The average molecular weight is 496 g/mol. The zero-order chi connectivity index (χ0) is 25.9. The number of nitrogens with zero attached hydrogens (tertiary/aromatic N) is 3. The maximum absolute atomic E-state index is 12.6. The largest absolute Gasteiger partial charge is 0.469 e. The van der Waals surface area contributed by atoms with E-state index in [0.29, 0.717) is 43.9 Å². The second-order valence-corrected chi connectivity index (χ2v) is 7.59. The maximum atomic E-state index is 12.6. The van der Waals surface area contributed by atoms with Gasteiger partial charge in [0.1, 0.15) is 0 Å². The van der Waals surface area contributed by atoms with E-state index in [2.05, 4.69) is 38.2 Å². The quantitative estimate of drug-likeness (QED) is 0.0799. The van der Waals surface area contributed by atoms with Crippen molar-refractivity contribution in [2.24, 2.45) is 16.5 Å². The van der Waals surface area contributed by atoms with E-state index in [1.165, 1.54) is 29.5 Å². The molecule has 2 amide bonds. The van der Waals surface area contributed by atoms with E-state index < -0.39 is 6.04 Å². The average Bonchev–Trinajstić information content (AvgIpc) is 3.38. The first-order valence-corrected chi connectivity index (χ1v) is 11.3. The van der Waals surface area contributed by atoms with E-state index in [0.717, 1.165) is 0 Å². The summed E-state index contributed by atoms with van der Waals surface area (Å²) in [6.45, 7) is 3.35. The van der Waals surface area contributed by atoms with Crippen LogP contribution < -0.4 is 22.1 Å². The van der Waals surface area contributed by atoms with Gasteiger partial charge in [-0.1, -0.05) is 6.92 Å². The number of guanidine groups is 1. The predicted molar refractivity (Wildman–Crippen MR) is 130 cm³/mol. The summed E-state index contributed by atoms with van der Waals surface area (Å²) in [7, 11) is 1.38. The lowest BCUT2D eigenvalue weighted by Gasteiger charge is -2.27. The fourth-order valence-corrected chi connectivity index (χ4v) is 3.27. The Bertz CT molecular complexity index is 817. The Morgan fingerprint density at radius 3 is 2.59 bits per heavy atom. The van der Waals surface area contributed by atoms with Gasteiger partial charge < -0.3 is 31.7 Å². The summed E-state index contributed by atoms with van der Waals surface area (Å²) in [5, 5.41) is 7.68. The van der Waals surface area contributed by atoms with Crippen molar-refractivity contribution in [2.45, 2.75) is 32.2 Å². The van der Waals surface area contributed by atoms with Crippen molar-refractivity contribution >= 4 is 40.9 Å². The van der Waals surface area contributed by atoms with Crippen LogP contribution in [-0.4, -0.2) is 85.3 Å². The van der Waals surface area contributed by atoms with E-state index in [-0.39, 0.29) is 42.6 Å². The molecule has 0 aliphatic carbocycles. The number of terminal acetylenes is 1. The Morgan fingerprint density at radius 2 is 2.09 bits per heavy atom. The highest BCUT2D eigenvalue weighted by molar-refractivity contribution is 7.11. The molecule has 1 aromatic rings. The molecule has 13 heteroatoms. The number of nitrogens with one attached hydrogen (secondary N) is 2. The minimum atomic E-state index is -0.735. The van der Waals surface area contributed by atoms with Gasteiger partial charge in [-0.25, -0.2) is 4.98 Å². The van der Waals surface area contributed by atoms with Crippen molar-refractivity contribution in [3.05, 3.63) is 16.6 Å². The second kappa shape index (κ2) is 18.0. The monoisotopic (exact) mass is 495 g/mol. The minimum Gasteiger partial charge on any atom is -0.469 e. The molecule has 2 heterocycles. The number of esters is 1. The first-order chi connectivity index (χ1) is 16.3. The number of Topliss-reactive ketones (excluding diaryl/α,β-unsaturated/α-hetero) is 1. The molecule has 1 saturated heterocycles. The molecule has 6 N–H and O–H groups in total. The molecule has 2 rings (SSSR count). The van der Waals surface area contributed by atoms with Crippen LogP contribution in [0.25, 0.3) is 0 Å². The number of aliphatic imine (C=N–C) groups is 1. The molecule has 12 nitrogen and oxygen atoms in total. The molecule has 34 heavy (non-hydrogen) atoms. The molecular weight excluding hydrogens is 462 g/mol. The third-order valence-electron chi connectivity index (χ3n) is 4.28. The van der Waals surface area contributed by atoms with Gasteiger partial charge in [0, 0.05) is 37.6 Å². The molecule has 1 aliphatic rings. The molecule has 0 radical (unpaired) electrons. The molecule has 0 spiro atoms. The summed E-state index contributed by atoms with van der Waals surface area (Å²) < 4.78 is 4.26. The van der Waals surface area contributed by atoms with Crippen LogP contribution in [0.5, 0.6) is 0 Å². The SMILES string of the molecule is C#C.CCC(=O)OC.NC(N)=NCCC[C@H](NC(=O)CN1CCNCC1=O)C(=O)c1nccs1. The summed E-state index contributed by atoms with van der Waals surface area (Å²) in [5.74, 6) is -0.951. The number of ether oxygens (including phenoxy) is 1. The van der Waals surface area contributed by atoms with Crippen LogP contribution >= 0.6 is 11.3 Å².